The lowest BCUT2D eigenvalue weighted by Gasteiger charge is -2.36. The van der Waals surface area contributed by atoms with Crippen molar-refractivity contribution >= 4 is 56.9 Å². The summed E-state index contributed by atoms with van der Waals surface area (Å²) in [7, 11) is -3.93. The molecule has 6 amide bonds. The van der Waals surface area contributed by atoms with E-state index in [0.717, 1.165) is 5.56 Å². The molecule has 0 radical (unpaired) electrons. The fraction of sp³-hybridized carbons (Fsp3) is 0.568. The van der Waals surface area contributed by atoms with Crippen molar-refractivity contribution in [2.45, 2.75) is 115 Å². The molecule has 0 spiro atoms. The molecule has 2 heterocycles. The predicted molar refractivity (Wildman–Crippen MR) is 205 cm³/mol. The fourth-order valence-corrected chi connectivity index (χ4v) is 8.41. The zero-order valence-electron chi connectivity index (χ0n) is 31.8. The molecule has 5 rings (SSSR count). The molecule has 0 bridgehead atoms. The molecule has 5 atom stereocenters. The third kappa shape index (κ3) is 9.22. The maximum Gasteiger partial charge on any atom is 0.411 e. The molecule has 1 aromatic carbocycles. The minimum Gasteiger partial charge on any atom is -0.444 e. The van der Waals surface area contributed by atoms with Crippen molar-refractivity contribution in [2.75, 3.05) is 11.9 Å². The number of thiazole rings is 1. The number of nitrogens with one attached hydrogen (secondary N) is 5. The second-order valence-electron chi connectivity index (χ2n) is 16.1. The maximum absolute atomic E-state index is 14.5. The number of ether oxygens (including phenoxy) is 1. The lowest BCUT2D eigenvalue weighted by Crippen LogP contribution is -2.61. The molecule has 2 aromatic rings. The predicted octanol–water partition coefficient (Wildman–Crippen LogP) is 4.21. The van der Waals surface area contributed by atoms with Gasteiger partial charge in [-0.15, -0.1) is 17.9 Å². The highest BCUT2D eigenvalue weighted by molar-refractivity contribution is 7.91. The monoisotopic (exact) mass is 785 g/mol. The third-order valence-electron chi connectivity index (χ3n) is 10.2. The Kier molecular flexibility index (Phi) is 11.5. The molecular formula is C37H51N7O8S2. The van der Waals surface area contributed by atoms with Gasteiger partial charge < -0.3 is 25.6 Å². The van der Waals surface area contributed by atoms with Gasteiger partial charge in [0.25, 0.3) is 5.91 Å². The topological polar surface area (TPSA) is 205 Å². The van der Waals surface area contributed by atoms with Crippen LogP contribution < -0.4 is 26.0 Å². The number of hydrogen-bond acceptors (Lipinski definition) is 10. The highest BCUT2D eigenvalue weighted by Gasteiger charge is 2.62. The zero-order valence-corrected chi connectivity index (χ0v) is 33.4. The van der Waals surface area contributed by atoms with Gasteiger partial charge in [0.1, 0.15) is 28.7 Å². The summed E-state index contributed by atoms with van der Waals surface area (Å²) in [5, 5.41) is 13.0. The smallest absolute Gasteiger partial charge is 0.411 e. The summed E-state index contributed by atoms with van der Waals surface area (Å²) < 4.78 is 33.3. The molecule has 2 aliphatic carbocycles. The molecule has 15 nitrogen and oxygen atoms in total. The van der Waals surface area contributed by atoms with Gasteiger partial charge in [-0.3, -0.25) is 24.4 Å². The van der Waals surface area contributed by atoms with Crippen molar-refractivity contribution in [1.29, 1.82) is 0 Å². The highest BCUT2D eigenvalue weighted by atomic mass is 32.2. The van der Waals surface area contributed by atoms with Gasteiger partial charge in [0.2, 0.25) is 21.8 Å². The Labute approximate surface area is 320 Å². The van der Waals surface area contributed by atoms with E-state index in [1.165, 1.54) is 22.3 Å². The van der Waals surface area contributed by atoms with Gasteiger partial charge in [-0.2, -0.15) is 0 Å². The molecule has 3 fully saturated rings. The molecular weight excluding hydrogens is 735 g/mol. The first-order valence-electron chi connectivity index (χ1n) is 18.1. The Hall–Kier alpha value is -4.51. The first kappa shape index (κ1) is 40.7. The summed E-state index contributed by atoms with van der Waals surface area (Å²) >= 11 is 1.40. The fourth-order valence-electron chi connectivity index (χ4n) is 6.37. The van der Waals surface area contributed by atoms with Crippen molar-refractivity contribution in [3.63, 3.8) is 0 Å². The second-order valence-corrected chi connectivity index (χ2v) is 19.0. The number of aromatic nitrogens is 1. The molecule has 3 aliphatic rings. The van der Waals surface area contributed by atoms with Crippen LogP contribution in [0.1, 0.15) is 79.2 Å². The van der Waals surface area contributed by atoms with Gasteiger partial charge in [-0.05, 0) is 69.6 Å². The number of urea groups is 1. The Morgan fingerprint density at radius 1 is 1.15 bits per heavy atom. The van der Waals surface area contributed by atoms with Crippen LogP contribution in [0.4, 0.5) is 15.3 Å². The first-order valence-corrected chi connectivity index (χ1v) is 20.5. The van der Waals surface area contributed by atoms with Crippen molar-refractivity contribution in [2.24, 2.45) is 11.3 Å². The molecule has 1 aliphatic heterocycles. The van der Waals surface area contributed by atoms with E-state index in [1.807, 2.05) is 45.2 Å². The summed E-state index contributed by atoms with van der Waals surface area (Å²) in [5.74, 6) is -2.79. The van der Waals surface area contributed by atoms with Crippen molar-refractivity contribution in [3.8, 4) is 10.6 Å². The Bertz CT molecular complexity index is 1910. The van der Waals surface area contributed by atoms with Crippen LogP contribution in [0.2, 0.25) is 0 Å². The van der Waals surface area contributed by atoms with Crippen molar-refractivity contribution < 1.29 is 37.1 Å². The van der Waals surface area contributed by atoms with E-state index in [4.69, 9.17) is 4.74 Å². The van der Waals surface area contributed by atoms with Crippen LogP contribution in [0.15, 0.2) is 42.4 Å². The van der Waals surface area contributed by atoms with E-state index < -0.39 is 85.7 Å². The normalized spacial score (nSPS) is 23.1. The SMILES string of the molecule is C=CC1C[C@]1(NC(=O)[C@@H]1C[C@@H](OC(=O)Nc2cc(C)ccc2-c2nccs2)CN1C(=O)[C@@H](NC(=O)NC(C)(C)CC)C(C)(C)C)C(=O)NS(=O)(=O)C1CC1. The van der Waals surface area contributed by atoms with Crippen LogP contribution in [0.5, 0.6) is 0 Å². The van der Waals surface area contributed by atoms with E-state index in [9.17, 15) is 32.4 Å². The molecule has 54 heavy (non-hydrogen) atoms. The number of anilines is 1. The summed E-state index contributed by atoms with van der Waals surface area (Å²) in [5.41, 5.74) is -0.967. The van der Waals surface area contributed by atoms with E-state index in [1.54, 1.807) is 33.0 Å². The number of benzene rings is 1. The van der Waals surface area contributed by atoms with Crippen LogP contribution in [0, 0.1) is 18.3 Å². The summed E-state index contributed by atoms with van der Waals surface area (Å²) in [4.78, 5) is 74.4. The lowest BCUT2D eigenvalue weighted by atomic mass is 9.85. The average Bonchev–Trinajstić information content (AvgIpc) is 3.95. The van der Waals surface area contributed by atoms with E-state index in [2.05, 4.69) is 37.6 Å². The summed E-state index contributed by atoms with van der Waals surface area (Å²) in [6.45, 7) is 16.4. The zero-order chi connectivity index (χ0) is 39.8. The third-order valence-corrected chi connectivity index (χ3v) is 12.8. The first-order chi connectivity index (χ1) is 25.2. The number of amides is 6. The van der Waals surface area contributed by atoms with Gasteiger partial charge >= 0.3 is 12.1 Å². The molecule has 2 saturated carbocycles. The molecule has 1 unspecified atom stereocenters. The quantitative estimate of drug-likeness (QED) is 0.184. The standard InChI is InChI=1S/C37H51N7O8S2/c1-9-22-19-37(22,32(47)43-54(50,51)24-12-13-24)41-29(45)27-18-23(52-34(49)39-26-17-21(3)11-14-25(26)30-38-15-16-53-30)20-44(27)31(46)28(35(4,5)6)40-33(48)42-36(7,8)10-2/h9,11,14-17,22-24,27-28H,1,10,12-13,18-20H2,2-8H3,(H,39,49)(H,41,45)(H,43,47)(H2,40,42,48)/t22?,23-,27+,28-,37-/m1/s1. The van der Waals surface area contributed by atoms with Crippen LogP contribution in [0.25, 0.3) is 10.6 Å². The van der Waals surface area contributed by atoms with Crippen molar-refractivity contribution in [1.82, 2.24) is 30.6 Å². The van der Waals surface area contributed by atoms with Gasteiger partial charge in [0.05, 0.1) is 17.5 Å². The van der Waals surface area contributed by atoms with Gasteiger partial charge in [0, 0.05) is 35.0 Å². The average molecular weight is 786 g/mol. The Morgan fingerprint density at radius 3 is 2.43 bits per heavy atom. The highest BCUT2D eigenvalue weighted by Crippen LogP contribution is 2.45. The van der Waals surface area contributed by atoms with Gasteiger partial charge in [0.15, 0.2) is 0 Å². The van der Waals surface area contributed by atoms with Crippen LogP contribution in [0.3, 0.4) is 0 Å². The number of rotatable bonds is 13. The van der Waals surface area contributed by atoms with E-state index in [-0.39, 0.29) is 19.4 Å². The van der Waals surface area contributed by atoms with Gasteiger partial charge in [-0.1, -0.05) is 39.8 Å². The van der Waals surface area contributed by atoms with Gasteiger partial charge in [-0.25, -0.2) is 23.0 Å². The van der Waals surface area contributed by atoms with Crippen molar-refractivity contribution in [3.05, 3.63) is 48.0 Å². The summed E-state index contributed by atoms with van der Waals surface area (Å²) in [6, 6.07) is 2.57. The molecule has 5 N–H and O–H groups in total. The molecule has 294 valence electrons. The number of nitrogens with zero attached hydrogens (tertiary/aromatic N) is 2. The Balaban J connectivity index is 1.40. The maximum atomic E-state index is 14.5. The summed E-state index contributed by atoms with van der Waals surface area (Å²) in [6.07, 6.45) is 2.81. The number of likely N-dealkylation sites (tertiary alicyclic amines) is 1. The number of hydrogen-bond donors (Lipinski definition) is 5. The van der Waals surface area contributed by atoms with Crippen LogP contribution >= 0.6 is 11.3 Å². The molecule has 1 saturated heterocycles. The second kappa shape index (κ2) is 15.3. The van der Waals surface area contributed by atoms with Crippen LogP contribution in [-0.4, -0.2) is 89.2 Å². The number of carbonyl (C=O) groups excluding carboxylic acids is 5. The number of sulfonamides is 1. The van der Waals surface area contributed by atoms with E-state index >= 15 is 0 Å². The largest absolute Gasteiger partial charge is 0.444 e. The lowest BCUT2D eigenvalue weighted by molar-refractivity contribution is -0.142. The molecule has 17 heteroatoms. The number of carbonyl (C=O) groups is 5. The molecule has 1 aromatic heterocycles. The minimum absolute atomic E-state index is 0.106. The van der Waals surface area contributed by atoms with E-state index in [0.29, 0.717) is 35.5 Å². The van der Waals surface area contributed by atoms with Crippen LogP contribution in [-0.2, 0) is 29.1 Å². The minimum atomic E-state index is -3.93. The number of aryl methyl sites for hydroxylation is 1. The Morgan fingerprint density at radius 2 is 1.85 bits per heavy atom.